The Labute approximate surface area is 298 Å². The summed E-state index contributed by atoms with van der Waals surface area (Å²) in [4.78, 5) is 31.0. The Bertz CT molecular complexity index is 1820. The van der Waals surface area contributed by atoms with Gasteiger partial charge in [-0.25, -0.2) is 18.0 Å². The molecule has 2 aliphatic rings. The number of nitrogens with one attached hydrogen (secondary N) is 1. The molecule has 50 heavy (non-hydrogen) atoms. The van der Waals surface area contributed by atoms with Gasteiger partial charge in [-0.1, -0.05) is 29.3 Å². The van der Waals surface area contributed by atoms with Crippen molar-refractivity contribution in [1.29, 1.82) is 0 Å². The number of hydrogen-bond acceptors (Lipinski definition) is 10. The number of aromatic nitrogens is 1. The molecule has 2 aromatic carbocycles. The summed E-state index contributed by atoms with van der Waals surface area (Å²) in [6.07, 6.45) is 6.42. The molecule has 0 bridgehead atoms. The lowest BCUT2D eigenvalue weighted by molar-refractivity contribution is -0.168. The van der Waals surface area contributed by atoms with Crippen molar-refractivity contribution in [3.8, 4) is 17.2 Å². The Hall–Kier alpha value is -3.88. The van der Waals surface area contributed by atoms with Crippen LogP contribution >= 0.6 is 23.2 Å². The highest BCUT2D eigenvalue weighted by Gasteiger charge is 2.37. The summed E-state index contributed by atoms with van der Waals surface area (Å²) in [6, 6.07) is 8.21. The van der Waals surface area contributed by atoms with Gasteiger partial charge in [0.1, 0.15) is 11.9 Å². The largest absolute Gasteiger partial charge is 0.491 e. The highest BCUT2D eigenvalue weighted by Crippen LogP contribution is 2.39. The van der Waals surface area contributed by atoms with Crippen LogP contribution in [0.5, 0.6) is 17.2 Å². The van der Waals surface area contributed by atoms with Crippen molar-refractivity contribution in [3.63, 3.8) is 0 Å². The van der Waals surface area contributed by atoms with Gasteiger partial charge in [-0.05, 0) is 92.8 Å². The molecule has 2 aliphatic carbocycles. The first-order valence-corrected chi connectivity index (χ1v) is 18.4. The van der Waals surface area contributed by atoms with Crippen LogP contribution in [0.4, 0.5) is 14.5 Å². The van der Waals surface area contributed by atoms with Gasteiger partial charge < -0.3 is 23.7 Å². The highest BCUT2D eigenvalue weighted by atomic mass is 35.5. The molecular weight excluding hydrogens is 721 g/mol. The average molecular weight is 758 g/mol. The Morgan fingerprint density at radius 3 is 2.14 bits per heavy atom. The van der Waals surface area contributed by atoms with E-state index in [9.17, 15) is 26.8 Å². The monoisotopic (exact) mass is 756 g/mol. The number of nitrogens with zero attached hydrogens (tertiary/aromatic N) is 1. The van der Waals surface area contributed by atoms with Crippen LogP contribution in [0.25, 0.3) is 0 Å². The molecule has 16 heteroatoms. The second-order valence-electron chi connectivity index (χ2n) is 12.8. The first-order chi connectivity index (χ1) is 23.6. The minimum Gasteiger partial charge on any atom is -0.491 e. The molecule has 2 fully saturated rings. The van der Waals surface area contributed by atoms with E-state index in [4.69, 9.17) is 42.1 Å². The number of halogens is 4. The second kappa shape index (κ2) is 15.6. The summed E-state index contributed by atoms with van der Waals surface area (Å²) in [5, 5.41) is 0.390. The molecule has 1 heterocycles. The summed E-state index contributed by atoms with van der Waals surface area (Å²) in [7, 11) is -3.65. The van der Waals surface area contributed by atoms with Crippen LogP contribution in [0, 0.1) is 11.8 Å². The van der Waals surface area contributed by atoms with Crippen LogP contribution in [0.15, 0.2) is 48.8 Å². The summed E-state index contributed by atoms with van der Waals surface area (Å²) in [5.41, 5.74) is -0.988. The molecular formula is C34H36Cl2F2N2O9S. The lowest BCUT2D eigenvalue weighted by Crippen LogP contribution is -2.39. The van der Waals surface area contributed by atoms with Crippen molar-refractivity contribution in [2.75, 3.05) is 24.2 Å². The van der Waals surface area contributed by atoms with E-state index in [0.717, 1.165) is 31.9 Å². The smallest absolute Gasteiger partial charge is 0.387 e. The highest BCUT2D eigenvalue weighted by molar-refractivity contribution is 7.92. The predicted molar refractivity (Wildman–Crippen MR) is 181 cm³/mol. The molecule has 270 valence electrons. The molecule has 0 saturated heterocycles. The number of ether oxygens (including phenoxy) is 5. The molecule has 2 saturated carbocycles. The number of esters is 2. The normalized spacial score (nSPS) is 15.3. The van der Waals surface area contributed by atoms with Crippen molar-refractivity contribution in [1.82, 2.24) is 4.98 Å². The summed E-state index contributed by atoms with van der Waals surface area (Å²) < 4.78 is 80.4. The third kappa shape index (κ3) is 10.6. The van der Waals surface area contributed by atoms with E-state index in [1.165, 1.54) is 62.6 Å². The van der Waals surface area contributed by atoms with E-state index in [1.54, 1.807) is 0 Å². The summed E-state index contributed by atoms with van der Waals surface area (Å²) >= 11 is 12.8. The first-order valence-electron chi connectivity index (χ1n) is 15.8. The zero-order valence-electron chi connectivity index (χ0n) is 27.4. The Morgan fingerprint density at radius 2 is 1.56 bits per heavy atom. The number of carbonyl (C=O) groups excluding carboxylic acids is 2. The van der Waals surface area contributed by atoms with Crippen molar-refractivity contribution >= 4 is 50.9 Å². The average Bonchev–Trinajstić information content (AvgIpc) is 3.96. The Morgan fingerprint density at radius 1 is 0.940 bits per heavy atom. The first kappa shape index (κ1) is 37.4. The van der Waals surface area contributed by atoms with Crippen molar-refractivity contribution in [2.45, 2.75) is 64.3 Å². The molecule has 1 N–H and O–H groups in total. The Balaban J connectivity index is 1.39. The van der Waals surface area contributed by atoms with Crippen LogP contribution < -0.4 is 18.9 Å². The summed E-state index contributed by atoms with van der Waals surface area (Å²) in [5.74, 6) is -1.26. The van der Waals surface area contributed by atoms with E-state index in [0.29, 0.717) is 29.6 Å². The fraction of sp³-hybridized carbons (Fsp3) is 0.441. The van der Waals surface area contributed by atoms with E-state index in [-0.39, 0.29) is 51.6 Å². The van der Waals surface area contributed by atoms with E-state index < -0.39 is 40.3 Å². The minimum atomic E-state index is -3.65. The topological polar surface area (TPSA) is 139 Å². The van der Waals surface area contributed by atoms with Gasteiger partial charge in [0, 0.05) is 18.8 Å². The number of alkyl halides is 2. The second-order valence-corrected chi connectivity index (χ2v) is 15.3. The minimum absolute atomic E-state index is 0.00491. The fourth-order valence-corrected chi connectivity index (χ4v) is 5.80. The maximum atomic E-state index is 13.7. The molecule has 0 amide bonds. The SMILES string of the molecule is CC(C)(OC(=O)c1ccc(NS(C)(=O)=O)c(OCC2CC2)c1)C(=O)OC(Cc1c(Cl)cncc1Cl)c1ccc(OC(F)F)c(OCC2CC2)c1. The number of benzene rings is 2. The Kier molecular flexibility index (Phi) is 11.6. The molecule has 0 spiro atoms. The molecule has 11 nitrogen and oxygen atoms in total. The van der Waals surface area contributed by atoms with Gasteiger partial charge in [0.2, 0.25) is 15.6 Å². The quantitative estimate of drug-likeness (QED) is 0.139. The molecule has 1 atom stereocenters. The van der Waals surface area contributed by atoms with E-state index in [1.807, 2.05) is 0 Å². The number of sulfonamides is 1. The molecule has 0 aliphatic heterocycles. The number of hydrogen-bond donors (Lipinski definition) is 1. The van der Waals surface area contributed by atoms with Crippen LogP contribution in [-0.4, -0.2) is 57.0 Å². The predicted octanol–water partition coefficient (Wildman–Crippen LogP) is 7.40. The van der Waals surface area contributed by atoms with Gasteiger partial charge >= 0.3 is 18.6 Å². The number of rotatable bonds is 17. The fourth-order valence-electron chi connectivity index (χ4n) is 4.72. The van der Waals surface area contributed by atoms with Crippen LogP contribution in [0.2, 0.25) is 10.0 Å². The van der Waals surface area contributed by atoms with Gasteiger partial charge in [-0.15, -0.1) is 0 Å². The van der Waals surface area contributed by atoms with Gasteiger partial charge in [0.05, 0.1) is 40.8 Å². The molecule has 3 aromatic rings. The zero-order chi connectivity index (χ0) is 36.2. The number of anilines is 1. The third-order valence-electron chi connectivity index (χ3n) is 7.84. The summed E-state index contributed by atoms with van der Waals surface area (Å²) in [6.45, 7) is 0.201. The van der Waals surface area contributed by atoms with Gasteiger partial charge in [0.15, 0.2) is 11.5 Å². The third-order valence-corrected chi connectivity index (χ3v) is 9.08. The van der Waals surface area contributed by atoms with Gasteiger partial charge in [-0.3, -0.25) is 9.71 Å². The van der Waals surface area contributed by atoms with Gasteiger partial charge in [0.25, 0.3) is 0 Å². The van der Waals surface area contributed by atoms with Gasteiger partial charge in [-0.2, -0.15) is 8.78 Å². The maximum Gasteiger partial charge on any atom is 0.387 e. The van der Waals surface area contributed by atoms with Crippen LogP contribution in [-0.2, 0) is 30.7 Å². The molecule has 0 radical (unpaired) electrons. The van der Waals surface area contributed by atoms with E-state index >= 15 is 0 Å². The number of carbonyl (C=O) groups is 2. The van der Waals surface area contributed by atoms with Crippen molar-refractivity contribution in [2.24, 2.45) is 11.8 Å². The standard InChI is InChI=1S/C34H36Cl2F2N2O9S/c1-34(2,49-31(41)22-8-10-26(40-50(3,43)44)29(13-22)45-17-19-4-5-19)32(42)47-28(14-23-24(35)15-39-16-25(23)36)21-9-11-27(48-33(37)38)30(12-21)46-18-20-6-7-20/h8-13,15-16,19-20,28,33,40H,4-7,14,17-18H2,1-3H3. The molecule has 1 aromatic heterocycles. The lowest BCUT2D eigenvalue weighted by atomic mass is 10.0. The van der Waals surface area contributed by atoms with Crippen LogP contribution in [0.1, 0.15) is 67.1 Å². The number of pyridine rings is 1. The van der Waals surface area contributed by atoms with E-state index in [2.05, 4.69) is 14.4 Å². The van der Waals surface area contributed by atoms with Crippen LogP contribution in [0.3, 0.4) is 0 Å². The van der Waals surface area contributed by atoms with Crippen molar-refractivity contribution in [3.05, 3.63) is 75.5 Å². The van der Waals surface area contributed by atoms with Crippen molar-refractivity contribution < 1.29 is 50.5 Å². The zero-order valence-corrected chi connectivity index (χ0v) is 29.7. The molecule has 5 rings (SSSR count). The lowest BCUT2D eigenvalue weighted by Gasteiger charge is -2.27. The molecule has 1 unspecified atom stereocenters. The maximum absolute atomic E-state index is 13.7.